The molecule has 1 saturated heterocycles. The first-order chi connectivity index (χ1) is 12.5. The lowest BCUT2D eigenvalue weighted by atomic mass is 10.1. The molecule has 1 unspecified atom stereocenters. The lowest BCUT2D eigenvalue weighted by molar-refractivity contribution is -0.117. The molecule has 1 aromatic heterocycles. The Bertz CT molecular complexity index is 965. The Hall–Kier alpha value is -2.66. The van der Waals surface area contributed by atoms with E-state index in [-0.39, 0.29) is 11.8 Å². The molecule has 0 N–H and O–H groups in total. The fraction of sp³-hybridized carbons (Fsp3) is 0.250. The maximum absolute atomic E-state index is 12.5. The number of amides is 1. The van der Waals surface area contributed by atoms with E-state index in [0.717, 1.165) is 16.8 Å². The highest BCUT2D eigenvalue weighted by Crippen LogP contribution is 2.35. The molecule has 26 heavy (non-hydrogen) atoms. The normalized spacial score (nSPS) is 17.1. The molecule has 3 aromatic rings. The number of carbonyl (C=O) groups is 1. The van der Waals surface area contributed by atoms with Crippen LogP contribution >= 0.6 is 11.6 Å². The summed E-state index contributed by atoms with van der Waals surface area (Å²) >= 11 is 6.20. The van der Waals surface area contributed by atoms with Gasteiger partial charge in [0.25, 0.3) is 0 Å². The van der Waals surface area contributed by atoms with Crippen LogP contribution in [0.25, 0.3) is 11.4 Å². The molecule has 132 valence electrons. The number of carbonyl (C=O) groups excluding carboxylic acids is 1. The molecule has 5 nitrogen and oxygen atoms in total. The van der Waals surface area contributed by atoms with Crippen LogP contribution in [0, 0.1) is 13.8 Å². The monoisotopic (exact) mass is 367 g/mol. The van der Waals surface area contributed by atoms with Gasteiger partial charge in [0.1, 0.15) is 0 Å². The summed E-state index contributed by atoms with van der Waals surface area (Å²) in [4.78, 5) is 18.8. The minimum absolute atomic E-state index is 0.0375. The lowest BCUT2D eigenvalue weighted by Crippen LogP contribution is -2.25. The van der Waals surface area contributed by atoms with E-state index in [1.165, 1.54) is 5.56 Å². The highest BCUT2D eigenvalue weighted by Gasteiger charge is 2.35. The Morgan fingerprint density at radius 2 is 1.92 bits per heavy atom. The van der Waals surface area contributed by atoms with Crippen LogP contribution in [0.4, 0.5) is 5.69 Å². The zero-order chi connectivity index (χ0) is 18.3. The fourth-order valence-corrected chi connectivity index (χ4v) is 3.38. The van der Waals surface area contributed by atoms with Crippen molar-refractivity contribution in [3.05, 3.63) is 64.5 Å². The first-order valence-corrected chi connectivity index (χ1v) is 8.87. The molecule has 0 spiro atoms. The summed E-state index contributed by atoms with van der Waals surface area (Å²) in [7, 11) is 0. The van der Waals surface area contributed by atoms with E-state index in [1.807, 2.05) is 56.3 Å². The van der Waals surface area contributed by atoms with E-state index >= 15 is 0 Å². The molecule has 0 bridgehead atoms. The van der Waals surface area contributed by atoms with Crippen molar-refractivity contribution >= 4 is 23.2 Å². The van der Waals surface area contributed by atoms with Crippen LogP contribution in [0.1, 0.15) is 29.4 Å². The summed E-state index contributed by atoms with van der Waals surface area (Å²) < 4.78 is 5.45. The lowest BCUT2D eigenvalue weighted by Gasteiger charge is -2.19. The fourth-order valence-electron chi connectivity index (χ4n) is 3.22. The van der Waals surface area contributed by atoms with Crippen LogP contribution in [0.15, 0.2) is 47.0 Å². The average molecular weight is 368 g/mol. The molecule has 1 atom stereocenters. The topological polar surface area (TPSA) is 59.2 Å². The smallest absolute Gasteiger partial charge is 0.232 e. The van der Waals surface area contributed by atoms with E-state index in [0.29, 0.717) is 29.7 Å². The quantitative estimate of drug-likeness (QED) is 0.682. The third kappa shape index (κ3) is 2.99. The minimum atomic E-state index is -0.118. The summed E-state index contributed by atoms with van der Waals surface area (Å²) in [5.41, 5.74) is 3.81. The molecule has 4 rings (SSSR count). The minimum Gasteiger partial charge on any atom is -0.339 e. The zero-order valence-electron chi connectivity index (χ0n) is 14.6. The van der Waals surface area contributed by atoms with Gasteiger partial charge in [-0.2, -0.15) is 4.98 Å². The Balaban J connectivity index is 1.58. The maximum Gasteiger partial charge on any atom is 0.232 e. The van der Waals surface area contributed by atoms with Crippen LogP contribution in [0.2, 0.25) is 5.02 Å². The molecule has 1 aliphatic rings. The van der Waals surface area contributed by atoms with E-state index < -0.39 is 0 Å². The van der Waals surface area contributed by atoms with Gasteiger partial charge in [-0.25, -0.2) is 0 Å². The van der Waals surface area contributed by atoms with Gasteiger partial charge in [-0.1, -0.05) is 52.7 Å². The van der Waals surface area contributed by atoms with Gasteiger partial charge in [0, 0.05) is 29.2 Å². The highest BCUT2D eigenvalue weighted by atomic mass is 35.5. The molecular formula is C20H18ClN3O2. The molecule has 0 aliphatic carbocycles. The number of benzene rings is 2. The van der Waals surface area contributed by atoms with Crippen LogP contribution < -0.4 is 4.90 Å². The van der Waals surface area contributed by atoms with Crippen molar-refractivity contribution in [1.82, 2.24) is 10.1 Å². The van der Waals surface area contributed by atoms with Gasteiger partial charge in [-0.05, 0) is 31.5 Å². The van der Waals surface area contributed by atoms with Gasteiger partial charge in [0.15, 0.2) is 0 Å². The second kappa shape index (κ2) is 6.57. The van der Waals surface area contributed by atoms with Gasteiger partial charge >= 0.3 is 0 Å². The van der Waals surface area contributed by atoms with Gasteiger partial charge < -0.3 is 9.42 Å². The third-order valence-corrected chi connectivity index (χ3v) is 5.17. The van der Waals surface area contributed by atoms with Crippen molar-refractivity contribution in [2.75, 3.05) is 11.4 Å². The number of aromatic nitrogens is 2. The predicted molar refractivity (Wildman–Crippen MR) is 100 cm³/mol. The van der Waals surface area contributed by atoms with Gasteiger partial charge in [0.05, 0.1) is 5.92 Å². The zero-order valence-corrected chi connectivity index (χ0v) is 15.3. The number of anilines is 1. The van der Waals surface area contributed by atoms with Crippen molar-refractivity contribution in [2.24, 2.45) is 0 Å². The van der Waals surface area contributed by atoms with Crippen molar-refractivity contribution in [3.8, 4) is 11.4 Å². The number of hydrogen-bond acceptors (Lipinski definition) is 4. The van der Waals surface area contributed by atoms with Crippen LogP contribution in [-0.2, 0) is 4.79 Å². The molecule has 1 amide bonds. The van der Waals surface area contributed by atoms with Crippen LogP contribution in [0.5, 0.6) is 0 Å². The summed E-state index contributed by atoms with van der Waals surface area (Å²) in [5, 5.41) is 4.73. The molecule has 2 heterocycles. The summed E-state index contributed by atoms with van der Waals surface area (Å²) in [6.45, 7) is 4.46. The van der Waals surface area contributed by atoms with Crippen molar-refractivity contribution in [2.45, 2.75) is 26.2 Å². The number of nitrogens with zero attached hydrogens (tertiary/aromatic N) is 3. The number of halogens is 1. The van der Waals surface area contributed by atoms with Gasteiger partial charge in [0.2, 0.25) is 17.6 Å². The second-order valence-electron chi connectivity index (χ2n) is 6.61. The van der Waals surface area contributed by atoms with E-state index in [9.17, 15) is 4.79 Å². The SMILES string of the molecule is Cc1ccc(-c2noc(C3CC(=O)N(c4cccc(Cl)c4C)C3)n2)cc1. The number of rotatable bonds is 3. The molecule has 1 fully saturated rings. The van der Waals surface area contributed by atoms with Crippen molar-refractivity contribution in [1.29, 1.82) is 0 Å². The van der Waals surface area contributed by atoms with E-state index in [2.05, 4.69) is 10.1 Å². The third-order valence-electron chi connectivity index (χ3n) is 4.76. The number of hydrogen-bond donors (Lipinski definition) is 0. The van der Waals surface area contributed by atoms with Crippen LogP contribution in [-0.4, -0.2) is 22.6 Å². The first-order valence-electron chi connectivity index (χ1n) is 8.49. The highest BCUT2D eigenvalue weighted by molar-refractivity contribution is 6.31. The molecule has 0 radical (unpaired) electrons. The summed E-state index contributed by atoms with van der Waals surface area (Å²) in [6, 6.07) is 13.5. The molecule has 0 saturated carbocycles. The molecule has 2 aromatic carbocycles. The Labute approximate surface area is 156 Å². The van der Waals surface area contributed by atoms with E-state index in [4.69, 9.17) is 16.1 Å². The summed E-state index contributed by atoms with van der Waals surface area (Å²) in [5.74, 6) is 0.962. The largest absolute Gasteiger partial charge is 0.339 e. The molecule has 1 aliphatic heterocycles. The van der Waals surface area contributed by atoms with Crippen molar-refractivity contribution in [3.63, 3.8) is 0 Å². The van der Waals surface area contributed by atoms with Gasteiger partial charge in [-0.3, -0.25) is 4.79 Å². The van der Waals surface area contributed by atoms with E-state index in [1.54, 1.807) is 4.90 Å². The predicted octanol–water partition coefficient (Wildman–Crippen LogP) is 4.53. The summed E-state index contributed by atoms with van der Waals surface area (Å²) in [6.07, 6.45) is 0.349. The second-order valence-corrected chi connectivity index (χ2v) is 7.02. The Kier molecular flexibility index (Phi) is 4.24. The first kappa shape index (κ1) is 16.8. The van der Waals surface area contributed by atoms with Crippen molar-refractivity contribution < 1.29 is 9.32 Å². The average Bonchev–Trinajstić information content (AvgIpc) is 3.25. The Morgan fingerprint density at radius 1 is 1.15 bits per heavy atom. The molecular weight excluding hydrogens is 350 g/mol. The van der Waals surface area contributed by atoms with Crippen LogP contribution in [0.3, 0.4) is 0 Å². The molecule has 6 heteroatoms. The Morgan fingerprint density at radius 3 is 2.69 bits per heavy atom. The maximum atomic E-state index is 12.5. The standard InChI is InChI=1S/C20H18ClN3O2/c1-12-6-8-14(9-7-12)19-22-20(26-23-19)15-10-18(25)24(11-15)17-5-3-4-16(21)13(17)2/h3-9,15H,10-11H2,1-2H3. The number of aryl methyl sites for hydroxylation is 1. The van der Waals surface area contributed by atoms with Gasteiger partial charge in [-0.15, -0.1) is 0 Å².